The quantitative estimate of drug-likeness (QED) is 0.183. The van der Waals surface area contributed by atoms with Crippen LogP contribution in [-0.4, -0.2) is 14.5 Å². The fraction of sp³-hybridized carbons (Fsp3) is 0. The van der Waals surface area contributed by atoms with E-state index >= 15 is 0 Å². The summed E-state index contributed by atoms with van der Waals surface area (Å²) in [5, 5.41) is 7.19. The van der Waals surface area contributed by atoms with E-state index < -0.39 is 0 Å². The summed E-state index contributed by atoms with van der Waals surface area (Å²) >= 11 is 0. The van der Waals surface area contributed by atoms with Gasteiger partial charge in [-0.15, -0.1) is 0 Å². The lowest BCUT2D eigenvalue weighted by atomic mass is 9.97. The molecule has 0 radical (unpaired) electrons. The Labute approximate surface area is 283 Å². The molecule has 0 N–H and O–H groups in total. The molecule has 0 atom stereocenters. The van der Waals surface area contributed by atoms with Crippen LogP contribution in [0.15, 0.2) is 176 Å². The molecule has 0 aliphatic heterocycles. The number of rotatable bonds is 4. The van der Waals surface area contributed by atoms with Crippen LogP contribution in [0.1, 0.15) is 0 Å². The Morgan fingerprint density at radius 2 is 0.796 bits per heavy atom. The highest BCUT2D eigenvalue weighted by Crippen LogP contribution is 2.36. The van der Waals surface area contributed by atoms with E-state index in [1.54, 1.807) is 0 Å². The second-order valence-corrected chi connectivity index (χ2v) is 12.6. The van der Waals surface area contributed by atoms with Gasteiger partial charge in [0.25, 0.3) is 0 Å². The van der Waals surface area contributed by atoms with Gasteiger partial charge in [0, 0.05) is 32.8 Å². The molecule has 0 bridgehead atoms. The van der Waals surface area contributed by atoms with Crippen LogP contribution < -0.4 is 0 Å². The average molecular weight is 624 g/mol. The van der Waals surface area contributed by atoms with Gasteiger partial charge in [0.05, 0.1) is 34.0 Å². The third-order valence-corrected chi connectivity index (χ3v) is 9.80. The van der Waals surface area contributed by atoms with Crippen molar-refractivity contribution in [1.29, 1.82) is 0 Å². The average Bonchev–Trinajstić information content (AvgIpc) is 3.52. The molecule has 0 unspecified atom stereocenters. The summed E-state index contributed by atoms with van der Waals surface area (Å²) in [4.78, 5) is 10.2. The predicted molar refractivity (Wildman–Crippen MR) is 205 cm³/mol. The molecule has 0 amide bonds. The first-order valence-electron chi connectivity index (χ1n) is 16.7. The van der Waals surface area contributed by atoms with E-state index in [9.17, 15) is 0 Å². The minimum Gasteiger partial charge on any atom is -0.309 e. The first-order chi connectivity index (χ1) is 24.3. The molecule has 0 saturated heterocycles. The van der Waals surface area contributed by atoms with Crippen molar-refractivity contribution in [1.82, 2.24) is 14.5 Å². The number of hydrogen-bond acceptors (Lipinski definition) is 2. The van der Waals surface area contributed by atoms with Crippen molar-refractivity contribution < 1.29 is 0 Å². The van der Waals surface area contributed by atoms with Crippen LogP contribution in [0.25, 0.3) is 93.6 Å². The highest BCUT2D eigenvalue weighted by atomic mass is 15.0. The number of aromatic nitrogens is 3. The normalized spacial score (nSPS) is 11.7. The molecule has 10 rings (SSSR count). The highest BCUT2D eigenvalue weighted by molar-refractivity contribution is 6.23. The van der Waals surface area contributed by atoms with Crippen molar-refractivity contribution in [2.75, 3.05) is 0 Å². The predicted octanol–water partition coefficient (Wildman–Crippen LogP) is 12.0. The van der Waals surface area contributed by atoms with Gasteiger partial charge in [-0.2, -0.15) is 0 Å². The lowest BCUT2D eigenvalue weighted by Crippen LogP contribution is -1.94. The fourth-order valence-electron chi connectivity index (χ4n) is 7.52. The Morgan fingerprint density at radius 3 is 1.41 bits per heavy atom. The Morgan fingerprint density at radius 1 is 0.347 bits per heavy atom. The highest BCUT2D eigenvalue weighted by Gasteiger charge is 2.14. The smallest absolute Gasteiger partial charge is 0.0979 e. The third-order valence-electron chi connectivity index (χ3n) is 9.80. The minimum atomic E-state index is 0.866. The lowest BCUT2D eigenvalue weighted by Gasteiger charge is -2.12. The van der Waals surface area contributed by atoms with Crippen molar-refractivity contribution >= 4 is 54.4 Å². The number of hydrogen-bond donors (Lipinski definition) is 0. The van der Waals surface area contributed by atoms with Crippen LogP contribution in [-0.2, 0) is 0 Å². The van der Waals surface area contributed by atoms with Crippen LogP contribution in [0.3, 0.4) is 0 Å². The lowest BCUT2D eigenvalue weighted by molar-refractivity contribution is 1.18. The summed E-state index contributed by atoms with van der Waals surface area (Å²) in [5.74, 6) is 0. The van der Waals surface area contributed by atoms with E-state index in [-0.39, 0.29) is 0 Å². The second kappa shape index (κ2) is 11.0. The van der Waals surface area contributed by atoms with Gasteiger partial charge in [-0.1, -0.05) is 133 Å². The van der Waals surface area contributed by atoms with Crippen molar-refractivity contribution in [3.05, 3.63) is 176 Å². The minimum absolute atomic E-state index is 0.866. The second-order valence-electron chi connectivity index (χ2n) is 12.6. The van der Waals surface area contributed by atoms with Crippen molar-refractivity contribution in [2.45, 2.75) is 0 Å². The molecule has 2 heterocycles. The van der Waals surface area contributed by atoms with Gasteiger partial charge in [-0.3, -0.25) is 4.98 Å². The number of fused-ring (bicyclic) bond motifs is 9. The largest absolute Gasteiger partial charge is 0.309 e. The summed E-state index contributed by atoms with van der Waals surface area (Å²) in [6.07, 6.45) is 1.92. The maximum absolute atomic E-state index is 5.24. The summed E-state index contributed by atoms with van der Waals surface area (Å²) in [7, 11) is 0. The zero-order valence-electron chi connectivity index (χ0n) is 26.6. The van der Waals surface area contributed by atoms with Gasteiger partial charge >= 0.3 is 0 Å². The Balaban J connectivity index is 1.05. The van der Waals surface area contributed by atoms with E-state index in [0.29, 0.717) is 0 Å². The maximum atomic E-state index is 5.24. The van der Waals surface area contributed by atoms with Crippen molar-refractivity contribution in [2.24, 2.45) is 0 Å². The van der Waals surface area contributed by atoms with E-state index in [1.165, 1.54) is 43.7 Å². The molecule has 2 aromatic heterocycles. The van der Waals surface area contributed by atoms with E-state index in [0.717, 1.165) is 49.9 Å². The zero-order chi connectivity index (χ0) is 32.3. The summed E-state index contributed by atoms with van der Waals surface area (Å²) in [6.45, 7) is 0. The van der Waals surface area contributed by atoms with Gasteiger partial charge in [-0.25, -0.2) is 4.98 Å². The maximum Gasteiger partial charge on any atom is 0.0979 e. The topological polar surface area (TPSA) is 30.7 Å². The molecule has 0 saturated carbocycles. The van der Waals surface area contributed by atoms with Crippen LogP contribution in [0, 0.1) is 0 Å². The van der Waals surface area contributed by atoms with Gasteiger partial charge in [0.1, 0.15) is 0 Å². The van der Waals surface area contributed by atoms with Crippen molar-refractivity contribution in [3.63, 3.8) is 0 Å². The summed E-state index contributed by atoms with van der Waals surface area (Å²) in [6, 6.07) is 60.6. The number of benzene rings is 8. The molecular weight excluding hydrogens is 595 g/mol. The van der Waals surface area contributed by atoms with Crippen molar-refractivity contribution in [3.8, 4) is 39.2 Å². The van der Waals surface area contributed by atoms with E-state index in [1.807, 2.05) is 6.20 Å². The zero-order valence-corrected chi connectivity index (χ0v) is 26.6. The molecular formula is C46H29N3. The molecule has 8 aromatic carbocycles. The Kier molecular flexibility index (Phi) is 6.18. The SMILES string of the molecule is c1cc(-c2cccc(-c3cnc4c5ccccc5c5ccccc5c4n3)c2)cc(-c2cccc(-n3c4ccccc4c4ccccc43)c2)c1. The standard InChI is InChI=1S/C46H29N3/c1-3-22-40-36(18-1)37-19-2-4-23-41(37)46-45(40)47-29-42(48-46)34-16-10-14-32(27-34)30-12-9-13-31(26-30)33-15-11-17-35(28-33)49-43-24-7-5-20-38(43)39-21-6-8-25-44(39)49/h1-29H. The van der Waals surface area contributed by atoms with Gasteiger partial charge in [0.2, 0.25) is 0 Å². The molecule has 49 heavy (non-hydrogen) atoms. The summed E-state index contributed by atoms with van der Waals surface area (Å²) < 4.78 is 2.37. The number of nitrogens with zero attached hydrogens (tertiary/aromatic N) is 3. The van der Waals surface area contributed by atoms with Crippen LogP contribution in [0.4, 0.5) is 0 Å². The molecule has 10 aromatic rings. The molecule has 0 aliphatic rings. The van der Waals surface area contributed by atoms with E-state index in [2.05, 4.69) is 174 Å². The first-order valence-corrected chi connectivity index (χ1v) is 16.7. The van der Waals surface area contributed by atoms with Crippen LogP contribution in [0.2, 0.25) is 0 Å². The Bertz CT molecular complexity index is 2810. The van der Waals surface area contributed by atoms with Gasteiger partial charge < -0.3 is 4.57 Å². The third kappa shape index (κ3) is 4.44. The Hall–Kier alpha value is -6.58. The van der Waals surface area contributed by atoms with Crippen LogP contribution in [0.5, 0.6) is 0 Å². The molecule has 3 heteroatoms. The fourth-order valence-corrected chi connectivity index (χ4v) is 7.52. The monoisotopic (exact) mass is 623 g/mol. The van der Waals surface area contributed by atoms with E-state index in [4.69, 9.17) is 9.97 Å². The molecule has 0 aliphatic carbocycles. The molecule has 0 fully saturated rings. The first kappa shape index (κ1) is 27.5. The summed E-state index contributed by atoms with van der Waals surface area (Å²) in [5.41, 5.74) is 12.0. The van der Waals surface area contributed by atoms with Gasteiger partial charge in [-0.05, 0) is 69.4 Å². The molecule has 3 nitrogen and oxygen atoms in total. The number of para-hydroxylation sites is 2. The van der Waals surface area contributed by atoms with Crippen LogP contribution >= 0.6 is 0 Å². The molecule has 228 valence electrons. The van der Waals surface area contributed by atoms with Gasteiger partial charge in [0.15, 0.2) is 0 Å². The molecule has 0 spiro atoms.